The number of thiophene rings is 1. The van der Waals surface area contributed by atoms with Crippen LogP contribution in [0.15, 0.2) is 53.9 Å². The van der Waals surface area contributed by atoms with E-state index < -0.39 is 74.1 Å². The van der Waals surface area contributed by atoms with E-state index in [-0.39, 0.29) is 22.5 Å². The first-order valence-corrected chi connectivity index (χ1v) is 14.5. The average Bonchev–Trinajstić information content (AvgIpc) is 3.69. The maximum atomic E-state index is 15.6. The van der Waals surface area contributed by atoms with Crippen LogP contribution in [0.2, 0.25) is 0 Å². The zero-order valence-corrected chi connectivity index (χ0v) is 24.3. The van der Waals surface area contributed by atoms with Gasteiger partial charge in [0.05, 0.1) is 32.3 Å². The zero-order chi connectivity index (χ0) is 31.8. The topological polar surface area (TPSA) is 158 Å². The van der Waals surface area contributed by atoms with Gasteiger partial charge in [0.2, 0.25) is 11.8 Å². The Morgan fingerprint density at radius 2 is 1.86 bits per heavy atom. The number of carbonyl (C=O) groups excluding carboxylic acids is 3. The minimum Gasteiger partial charge on any atom is -0.394 e. The SMILES string of the molecule is COC[C@@]1(F)C[C@@H](C(=O)N[C@H](CO)c2cc(C(=N)N)cs2)N(C(=O)CNC(=O)c2ccc3c(c2)C(F)(F)c2ccccc2-3)C1. The second-order valence-corrected chi connectivity index (χ2v) is 11.7. The van der Waals surface area contributed by atoms with Crippen molar-refractivity contribution in [2.45, 2.75) is 30.1 Å². The van der Waals surface area contributed by atoms with Crippen molar-refractivity contribution in [2.75, 3.05) is 33.4 Å². The molecular weight excluding hydrogens is 599 g/mol. The molecule has 0 radical (unpaired) electrons. The molecule has 232 valence electrons. The van der Waals surface area contributed by atoms with Gasteiger partial charge in [0.25, 0.3) is 11.8 Å². The third kappa shape index (κ3) is 5.79. The number of nitrogens with one attached hydrogen (secondary N) is 3. The number of nitrogen functional groups attached to an aromatic ring is 1. The number of likely N-dealkylation sites (tertiary alicyclic amines) is 1. The molecule has 3 amide bonds. The molecule has 1 aliphatic heterocycles. The Morgan fingerprint density at radius 3 is 2.55 bits per heavy atom. The van der Waals surface area contributed by atoms with E-state index in [9.17, 15) is 19.5 Å². The lowest BCUT2D eigenvalue weighted by Crippen LogP contribution is -2.50. The molecule has 10 nitrogen and oxygen atoms in total. The summed E-state index contributed by atoms with van der Waals surface area (Å²) in [6.45, 7) is -2.02. The zero-order valence-electron chi connectivity index (χ0n) is 23.5. The van der Waals surface area contributed by atoms with Crippen LogP contribution in [-0.4, -0.2) is 78.7 Å². The van der Waals surface area contributed by atoms with Gasteiger partial charge in [-0.05, 0) is 29.3 Å². The lowest BCUT2D eigenvalue weighted by molar-refractivity contribution is -0.138. The third-order valence-electron chi connectivity index (χ3n) is 7.76. The molecule has 0 bridgehead atoms. The number of aliphatic hydroxyl groups excluding tert-OH is 1. The van der Waals surface area contributed by atoms with Gasteiger partial charge >= 0.3 is 0 Å². The molecule has 2 aromatic carbocycles. The number of hydrogen-bond donors (Lipinski definition) is 5. The molecule has 6 N–H and O–H groups in total. The van der Waals surface area contributed by atoms with Crippen molar-refractivity contribution in [1.82, 2.24) is 15.5 Å². The molecule has 3 aromatic rings. The predicted molar refractivity (Wildman–Crippen MR) is 156 cm³/mol. The van der Waals surface area contributed by atoms with Crippen LogP contribution in [0.1, 0.15) is 44.4 Å². The number of benzene rings is 2. The van der Waals surface area contributed by atoms with Gasteiger partial charge < -0.3 is 31.1 Å². The van der Waals surface area contributed by atoms with Gasteiger partial charge in [-0.1, -0.05) is 30.3 Å². The van der Waals surface area contributed by atoms with Crippen LogP contribution in [0.4, 0.5) is 13.2 Å². The van der Waals surface area contributed by atoms with Crippen molar-refractivity contribution in [3.63, 3.8) is 0 Å². The summed E-state index contributed by atoms with van der Waals surface area (Å²) in [5, 5.41) is 24.1. The van der Waals surface area contributed by atoms with E-state index in [1.165, 1.54) is 31.4 Å². The molecule has 0 unspecified atom stereocenters. The Balaban J connectivity index is 1.29. The highest BCUT2D eigenvalue weighted by atomic mass is 32.1. The Bertz CT molecular complexity index is 1630. The number of rotatable bonds is 10. The summed E-state index contributed by atoms with van der Waals surface area (Å²) < 4.78 is 50.8. The van der Waals surface area contributed by atoms with Gasteiger partial charge in [-0.15, -0.1) is 11.3 Å². The molecule has 3 atom stereocenters. The van der Waals surface area contributed by atoms with Crippen LogP contribution in [-0.2, 0) is 20.2 Å². The molecule has 0 saturated carbocycles. The van der Waals surface area contributed by atoms with E-state index in [0.717, 1.165) is 22.3 Å². The Labute approximate surface area is 254 Å². The Morgan fingerprint density at radius 1 is 1.14 bits per heavy atom. The molecule has 2 aliphatic rings. The van der Waals surface area contributed by atoms with Gasteiger partial charge in [0.1, 0.15) is 11.9 Å². The fourth-order valence-electron chi connectivity index (χ4n) is 5.62. The van der Waals surface area contributed by atoms with E-state index >= 15 is 13.2 Å². The number of amidine groups is 1. The number of carbonyl (C=O) groups is 3. The Kier molecular flexibility index (Phi) is 8.51. The molecule has 1 aromatic heterocycles. The lowest BCUT2D eigenvalue weighted by Gasteiger charge is -2.25. The van der Waals surface area contributed by atoms with Crippen molar-refractivity contribution in [3.05, 3.63) is 81.0 Å². The highest BCUT2D eigenvalue weighted by Gasteiger charge is 2.50. The van der Waals surface area contributed by atoms with Crippen LogP contribution < -0.4 is 16.4 Å². The highest BCUT2D eigenvalue weighted by molar-refractivity contribution is 7.10. The number of fused-ring (bicyclic) bond motifs is 3. The number of nitrogens with zero attached hydrogens (tertiary/aromatic N) is 1. The van der Waals surface area contributed by atoms with E-state index in [0.29, 0.717) is 21.6 Å². The van der Waals surface area contributed by atoms with E-state index in [4.69, 9.17) is 15.9 Å². The minimum atomic E-state index is -3.30. The maximum absolute atomic E-state index is 15.6. The van der Waals surface area contributed by atoms with Crippen molar-refractivity contribution < 1.29 is 37.4 Å². The van der Waals surface area contributed by atoms with Crippen molar-refractivity contribution in [1.29, 1.82) is 5.41 Å². The van der Waals surface area contributed by atoms with Gasteiger partial charge in [-0.2, -0.15) is 8.78 Å². The summed E-state index contributed by atoms with van der Waals surface area (Å²) in [4.78, 5) is 41.0. The first-order valence-electron chi connectivity index (χ1n) is 13.6. The summed E-state index contributed by atoms with van der Waals surface area (Å²) in [6, 6.07) is 9.31. The summed E-state index contributed by atoms with van der Waals surface area (Å²) in [7, 11) is 1.28. The summed E-state index contributed by atoms with van der Waals surface area (Å²) in [5.41, 5.74) is 3.96. The first-order chi connectivity index (χ1) is 20.9. The minimum absolute atomic E-state index is 0.0920. The quantitative estimate of drug-likeness (QED) is 0.171. The van der Waals surface area contributed by atoms with E-state index in [1.807, 2.05) is 0 Å². The normalized spacial score (nSPS) is 20.5. The third-order valence-corrected chi connectivity index (χ3v) is 8.81. The second kappa shape index (κ2) is 12.0. The number of halogens is 3. The van der Waals surface area contributed by atoms with E-state index in [1.54, 1.807) is 23.6 Å². The first kappa shape index (κ1) is 31.2. The summed E-state index contributed by atoms with van der Waals surface area (Å²) in [5.74, 6) is -5.80. The number of ether oxygens (including phenoxy) is 1. The van der Waals surface area contributed by atoms with Crippen LogP contribution in [0.25, 0.3) is 11.1 Å². The number of aliphatic hydroxyl groups is 1. The second-order valence-electron chi connectivity index (χ2n) is 10.8. The standard InChI is InChI=1S/C30H30F3N5O5S/c1-43-15-29(31)10-23(28(42)37-22(12-39)24-9-17(13-44-24)26(34)35)38(14-29)25(40)11-36-27(41)16-6-7-19-18-4-2-3-5-20(18)30(32,33)21(19)8-16/h2-9,13,22-23,39H,10-12,14-15H2,1H3,(H3,34,35)(H,36,41)(H,37,42)/t22-,23+,29-/m1/s1. The largest absolute Gasteiger partial charge is 0.394 e. The molecule has 1 aliphatic carbocycles. The number of amides is 3. The van der Waals surface area contributed by atoms with Crippen molar-refractivity contribution in [3.8, 4) is 11.1 Å². The molecule has 2 heterocycles. The molecule has 1 saturated heterocycles. The molecule has 0 spiro atoms. The van der Waals surface area contributed by atoms with Gasteiger partial charge in [-0.25, -0.2) is 4.39 Å². The molecule has 5 rings (SSSR count). The van der Waals surface area contributed by atoms with Crippen molar-refractivity contribution >= 4 is 34.9 Å². The number of hydrogen-bond acceptors (Lipinski definition) is 7. The molecule has 14 heteroatoms. The van der Waals surface area contributed by atoms with Crippen LogP contribution in [0, 0.1) is 5.41 Å². The lowest BCUT2D eigenvalue weighted by atomic mass is 10.0. The fraction of sp³-hybridized carbons (Fsp3) is 0.333. The maximum Gasteiger partial charge on any atom is 0.299 e. The smallest absolute Gasteiger partial charge is 0.299 e. The molecule has 44 heavy (non-hydrogen) atoms. The monoisotopic (exact) mass is 629 g/mol. The molecule has 1 fully saturated rings. The van der Waals surface area contributed by atoms with Crippen LogP contribution in [0.3, 0.4) is 0 Å². The van der Waals surface area contributed by atoms with Crippen LogP contribution >= 0.6 is 11.3 Å². The Hall–Kier alpha value is -4.27. The highest BCUT2D eigenvalue weighted by Crippen LogP contribution is 2.51. The summed E-state index contributed by atoms with van der Waals surface area (Å²) in [6.07, 6.45) is -0.395. The summed E-state index contributed by atoms with van der Waals surface area (Å²) >= 11 is 1.16. The number of nitrogens with two attached hydrogens (primary N) is 1. The fourth-order valence-corrected chi connectivity index (χ4v) is 6.57. The van der Waals surface area contributed by atoms with Crippen LogP contribution in [0.5, 0.6) is 0 Å². The van der Waals surface area contributed by atoms with Gasteiger partial charge in [0.15, 0.2) is 5.67 Å². The average molecular weight is 630 g/mol. The molecular formula is C30H30F3N5O5S. The van der Waals surface area contributed by atoms with Gasteiger partial charge in [0, 0.05) is 46.0 Å². The van der Waals surface area contributed by atoms with Crippen molar-refractivity contribution in [2.24, 2.45) is 5.73 Å². The van der Waals surface area contributed by atoms with E-state index in [2.05, 4.69) is 10.6 Å². The number of alkyl halides is 3. The number of methoxy groups -OCH3 is 1. The van der Waals surface area contributed by atoms with Gasteiger partial charge in [-0.3, -0.25) is 19.8 Å². The predicted octanol–water partition coefficient (Wildman–Crippen LogP) is 2.69.